The fraction of sp³-hybridized carbons (Fsp3) is 0.250. The molecule has 0 aliphatic carbocycles. The van der Waals surface area contributed by atoms with Gasteiger partial charge in [0, 0.05) is 22.3 Å². The van der Waals surface area contributed by atoms with Gasteiger partial charge in [-0.25, -0.2) is 13.1 Å². The number of hydrogen-bond acceptors (Lipinski definition) is 3. The lowest BCUT2D eigenvalue weighted by molar-refractivity contribution is 0.580. The SMILES string of the molecule is Cc1ccc(S(=O)(=O)NCc2cn[nH]c2C)c(Br)c1. The molecule has 2 N–H and O–H groups in total. The Morgan fingerprint density at radius 1 is 1.37 bits per heavy atom. The number of aromatic amines is 1. The van der Waals surface area contributed by atoms with Gasteiger partial charge in [0.15, 0.2) is 0 Å². The Kier molecular flexibility index (Phi) is 4.07. The van der Waals surface area contributed by atoms with Crippen LogP contribution in [0.25, 0.3) is 0 Å². The number of aromatic nitrogens is 2. The molecule has 0 spiro atoms. The number of rotatable bonds is 4. The van der Waals surface area contributed by atoms with Crippen LogP contribution in [-0.4, -0.2) is 18.6 Å². The Labute approximate surface area is 120 Å². The van der Waals surface area contributed by atoms with Gasteiger partial charge < -0.3 is 0 Å². The lowest BCUT2D eigenvalue weighted by Gasteiger charge is -2.08. The third-order valence-electron chi connectivity index (χ3n) is 2.76. The maximum Gasteiger partial charge on any atom is 0.241 e. The van der Waals surface area contributed by atoms with Crippen molar-refractivity contribution in [3.05, 3.63) is 45.7 Å². The number of sulfonamides is 1. The van der Waals surface area contributed by atoms with Gasteiger partial charge >= 0.3 is 0 Å². The minimum atomic E-state index is -3.54. The summed E-state index contributed by atoms with van der Waals surface area (Å²) < 4.78 is 27.5. The Hall–Kier alpha value is -1.18. The topological polar surface area (TPSA) is 74.8 Å². The lowest BCUT2D eigenvalue weighted by atomic mass is 10.2. The number of nitrogens with zero attached hydrogens (tertiary/aromatic N) is 1. The summed E-state index contributed by atoms with van der Waals surface area (Å²) in [5.74, 6) is 0. The summed E-state index contributed by atoms with van der Waals surface area (Å²) in [6, 6.07) is 5.13. The van der Waals surface area contributed by atoms with E-state index < -0.39 is 10.0 Å². The molecule has 0 aliphatic heterocycles. The standard InChI is InChI=1S/C12H14BrN3O2S/c1-8-3-4-12(11(13)5-8)19(17,18)15-7-10-6-14-16-9(10)2/h3-6,15H,7H2,1-2H3,(H,14,16). The van der Waals surface area contributed by atoms with Gasteiger partial charge in [-0.3, -0.25) is 5.10 Å². The first kappa shape index (κ1) is 14.2. The van der Waals surface area contributed by atoms with Crippen LogP contribution in [0.3, 0.4) is 0 Å². The van der Waals surface area contributed by atoms with E-state index in [0.717, 1.165) is 16.8 Å². The number of aryl methyl sites for hydroxylation is 2. The number of H-pyrrole nitrogens is 1. The van der Waals surface area contributed by atoms with Crippen molar-refractivity contribution in [2.45, 2.75) is 25.3 Å². The molecular formula is C12H14BrN3O2S. The molecule has 1 heterocycles. The minimum Gasteiger partial charge on any atom is -0.283 e. The first-order valence-electron chi connectivity index (χ1n) is 5.65. The molecule has 0 radical (unpaired) electrons. The molecule has 0 aliphatic rings. The van der Waals surface area contributed by atoms with Crippen LogP contribution >= 0.6 is 15.9 Å². The maximum atomic E-state index is 12.2. The van der Waals surface area contributed by atoms with Gasteiger partial charge in [-0.05, 0) is 47.5 Å². The van der Waals surface area contributed by atoms with Gasteiger partial charge in [0.05, 0.1) is 11.1 Å². The molecule has 0 saturated heterocycles. The predicted molar refractivity (Wildman–Crippen MR) is 76.2 cm³/mol. The zero-order valence-electron chi connectivity index (χ0n) is 10.6. The summed E-state index contributed by atoms with van der Waals surface area (Å²) in [6.07, 6.45) is 1.61. The van der Waals surface area contributed by atoms with Crippen LogP contribution in [0.1, 0.15) is 16.8 Å². The van der Waals surface area contributed by atoms with E-state index in [2.05, 4.69) is 30.8 Å². The van der Waals surface area contributed by atoms with Crippen LogP contribution in [0.2, 0.25) is 0 Å². The van der Waals surface area contributed by atoms with Crippen LogP contribution in [0.15, 0.2) is 33.8 Å². The first-order chi connectivity index (χ1) is 8.90. The van der Waals surface area contributed by atoms with E-state index in [9.17, 15) is 8.42 Å². The Morgan fingerprint density at radius 3 is 2.68 bits per heavy atom. The zero-order valence-corrected chi connectivity index (χ0v) is 13.0. The van der Waals surface area contributed by atoms with Gasteiger partial charge in [-0.2, -0.15) is 5.10 Å². The third kappa shape index (κ3) is 3.23. The molecule has 0 saturated carbocycles. The van der Waals surface area contributed by atoms with Gasteiger partial charge in [0.2, 0.25) is 10.0 Å². The van der Waals surface area contributed by atoms with Crippen molar-refractivity contribution < 1.29 is 8.42 Å². The van der Waals surface area contributed by atoms with Crippen molar-refractivity contribution in [1.29, 1.82) is 0 Å². The highest BCUT2D eigenvalue weighted by Gasteiger charge is 2.17. The molecule has 102 valence electrons. The molecule has 0 atom stereocenters. The van der Waals surface area contributed by atoms with Gasteiger partial charge in [0.1, 0.15) is 0 Å². The highest BCUT2D eigenvalue weighted by molar-refractivity contribution is 9.10. The van der Waals surface area contributed by atoms with Crippen molar-refractivity contribution in [2.75, 3.05) is 0 Å². The van der Waals surface area contributed by atoms with Crippen LogP contribution in [0.4, 0.5) is 0 Å². The summed E-state index contributed by atoms with van der Waals surface area (Å²) >= 11 is 3.28. The van der Waals surface area contributed by atoms with Crippen LogP contribution < -0.4 is 4.72 Å². The number of hydrogen-bond donors (Lipinski definition) is 2. The molecule has 19 heavy (non-hydrogen) atoms. The molecule has 2 rings (SSSR count). The van der Waals surface area contributed by atoms with Crippen molar-refractivity contribution in [2.24, 2.45) is 0 Å². The molecule has 0 amide bonds. The minimum absolute atomic E-state index is 0.213. The first-order valence-corrected chi connectivity index (χ1v) is 7.92. The number of halogens is 1. The van der Waals surface area contributed by atoms with Gasteiger partial charge in [-0.15, -0.1) is 0 Å². The van der Waals surface area contributed by atoms with Crippen molar-refractivity contribution in [3.8, 4) is 0 Å². The number of benzene rings is 1. The maximum absolute atomic E-state index is 12.2. The van der Waals surface area contributed by atoms with E-state index in [1.807, 2.05) is 13.8 Å². The molecule has 0 bridgehead atoms. The number of nitrogens with one attached hydrogen (secondary N) is 2. The van der Waals surface area contributed by atoms with E-state index >= 15 is 0 Å². The van der Waals surface area contributed by atoms with Crippen molar-refractivity contribution >= 4 is 26.0 Å². The highest BCUT2D eigenvalue weighted by atomic mass is 79.9. The molecule has 0 fully saturated rings. The fourth-order valence-corrected chi connectivity index (χ4v) is 3.82. The van der Waals surface area contributed by atoms with Gasteiger partial charge in [-0.1, -0.05) is 6.07 Å². The summed E-state index contributed by atoms with van der Waals surface area (Å²) in [5.41, 5.74) is 2.67. The monoisotopic (exact) mass is 343 g/mol. The molecule has 5 nitrogen and oxygen atoms in total. The average molecular weight is 344 g/mol. The quantitative estimate of drug-likeness (QED) is 0.894. The normalized spacial score (nSPS) is 11.7. The van der Waals surface area contributed by atoms with Crippen LogP contribution in [-0.2, 0) is 16.6 Å². The second-order valence-electron chi connectivity index (χ2n) is 4.28. The third-order valence-corrected chi connectivity index (χ3v) is 5.14. The zero-order chi connectivity index (χ0) is 14.0. The van der Waals surface area contributed by atoms with E-state index in [1.165, 1.54) is 0 Å². The van der Waals surface area contributed by atoms with Crippen molar-refractivity contribution in [3.63, 3.8) is 0 Å². The second kappa shape index (κ2) is 5.44. The highest BCUT2D eigenvalue weighted by Crippen LogP contribution is 2.23. The largest absolute Gasteiger partial charge is 0.283 e. The summed E-state index contributed by atoms with van der Waals surface area (Å²) in [6.45, 7) is 3.97. The van der Waals surface area contributed by atoms with E-state index in [1.54, 1.807) is 24.4 Å². The van der Waals surface area contributed by atoms with Crippen LogP contribution in [0, 0.1) is 13.8 Å². The molecule has 1 aromatic carbocycles. The molecule has 7 heteroatoms. The van der Waals surface area contributed by atoms with Gasteiger partial charge in [0.25, 0.3) is 0 Å². The molecule has 0 unspecified atom stereocenters. The average Bonchev–Trinajstić information content (AvgIpc) is 2.72. The molecular weight excluding hydrogens is 330 g/mol. The smallest absolute Gasteiger partial charge is 0.241 e. The fourth-order valence-electron chi connectivity index (χ4n) is 1.63. The van der Waals surface area contributed by atoms with E-state index in [-0.39, 0.29) is 11.4 Å². The van der Waals surface area contributed by atoms with Crippen LogP contribution in [0.5, 0.6) is 0 Å². The summed E-state index contributed by atoms with van der Waals surface area (Å²) in [4.78, 5) is 0.235. The Balaban J connectivity index is 2.21. The lowest BCUT2D eigenvalue weighted by Crippen LogP contribution is -2.23. The second-order valence-corrected chi connectivity index (χ2v) is 6.87. The van der Waals surface area contributed by atoms with E-state index in [0.29, 0.717) is 4.47 Å². The predicted octanol–water partition coefficient (Wildman–Crippen LogP) is 2.27. The Bertz CT molecular complexity index is 695. The molecule has 1 aromatic heterocycles. The Morgan fingerprint density at radius 2 is 2.11 bits per heavy atom. The summed E-state index contributed by atoms with van der Waals surface area (Å²) in [7, 11) is -3.54. The molecule has 2 aromatic rings. The van der Waals surface area contributed by atoms with E-state index in [4.69, 9.17) is 0 Å². The summed E-state index contributed by atoms with van der Waals surface area (Å²) in [5, 5.41) is 6.62. The van der Waals surface area contributed by atoms with Crippen molar-refractivity contribution in [1.82, 2.24) is 14.9 Å².